The predicted molar refractivity (Wildman–Crippen MR) is 83.7 cm³/mol. The van der Waals surface area contributed by atoms with Gasteiger partial charge in [0.15, 0.2) is 0 Å². The van der Waals surface area contributed by atoms with Crippen LogP contribution in [0.4, 0.5) is 0 Å². The lowest BCUT2D eigenvalue weighted by molar-refractivity contribution is 0.776. The van der Waals surface area contributed by atoms with Gasteiger partial charge in [-0.15, -0.1) is 0 Å². The molecule has 0 unspecified atom stereocenters. The van der Waals surface area contributed by atoms with Crippen molar-refractivity contribution >= 4 is 0 Å². The van der Waals surface area contributed by atoms with Gasteiger partial charge < -0.3 is 10.6 Å². The molecule has 2 aromatic rings. The molecule has 2 rings (SSSR count). The van der Waals surface area contributed by atoms with E-state index in [9.17, 15) is 0 Å². The van der Waals surface area contributed by atoms with Crippen LogP contribution in [0, 0.1) is 0 Å². The van der Waals surface area contributed by atoms with E-state index >= 15 is 0 Å². The lowest BCUT2D eigenvalue weighted by Crippen LogP contribution is -2.10. The normalized spacial score (nSPS) is 9.70. The zero-order valence-electron chi connectivity index (χ0n) is 12.3. The zero-order valence-corrected chi connectivity index (χ0v) is 12.3. The van der Waals surface area contributed by atoms with Gasteiger partial charge >= 0.3 is 0 Å². The molecule has 2 aromatic heterocycles. The van der Waals surface area contributed by atoms with E-state index in [4.69, 9.17) is 0 Å². The summed E-state index contributed by atoms with van der Waals surface area (Å²) in [4.78, 5) is 8.35. The van der Waals surface area contributed by atoms with Crippen LogP contribution >= 0.6 is 0 Å². The Morgan fingerprint density at radius 2 is 1.20 bits per heavy atom. The summed E-state index contributed by atoms with van der Waals surface area (Å²) < 4.78 is 0. The minimum Gasteiger partial charge on any atom is -0.319 e. The first-order chi connectivity index (χ1) is 9.86. The maximum atomic E-state index is 4.18. The quantitative estimate of drug-likeness (QED) is 0.840. The zero-order chi connectivity index (χ0) is 14.5. The Balaban J connectivity index is 0.000000200. The Morgan fingerprint density at radius 1 is 0.750 bits per heavy atom. The molecule has 0 saturated heterocycles. The highest BCUT2D eigenvalue weighted by atomic mass is 14.8. The maximum absolute atomic E-state index is 4.18. The lowest BCUT2D eigenvalue weighted by Gasteiger charge is -1.96. The number of nitrogens with zero attached hydrogens (tertiary/aromatic N) is 2. The van der Waals surface area contributed by atoms with Crippen molar-refractivity contribution in [2.24, 2.45) is 0 Å². The van der Waals surface area contributed by atoms with Crippen LogP contribution in [0.5, 0.6) is 0 Å². The van der Waals surface area contributed by atoms with Crippen molar-refractivity contribution in [2.75, 3.05) is 27.2 Å². The Kier molecular flexibility index (Phi) is 9.02. The number of nitrogens with one attached hydrogen (secondary N) is 2. The van der Waals surface area contributed by atoms with Crippen LogP contribution in [0.15, 0.2) is 48.8 Å². The lowest BCUT2D eigenvalue weighted by atomic mass is 10.3. The fraction of sp³-hybridized carbons (Fsp3) is 0.375. The first-order valence-corrected chi connectivity index (χ1v) is 6.96. The van der Waals surface area contributed by atoms with Crippen molar-refractivity contribution < 1.29 is 0 Å². The van der Waals surface area contributed by atoms with Crippen molar-refractivity contribution in [1.29, 1.82) is 0 Å². The monoisotopic (exact) mass is 272 g/mol. The van der Waals surface area contributed by atoms with Gasteiger partial charge in [-0.3, -0.25) is 9.97 Å². The van der Waals surface area contributed by atoms with E-state index in [-0.39, 0.29) is 0 Å². The molecule has 0 aromatic carbocycles. The summed E-state index contributed by atoms with van der Waals surface area (Å²) in [5.41, 5.74) is 2.30. The summed E-state index contributed by atoms with van der Waals surface area (Å²) in [5, 5.41) is 6.15. The van der Waals surface area contributed by atoms with Gasteiger partial charge in [-0.1, -0.05) is 12.1 Å². The molecule has 0 bridgehead atoms. The fourth-order valence-corrected chi connectivity index (χ4v) is 1.60. The summed E-state index contributed by atoms with van der Waals surface area (Å²) in [6.45, 7) is 1.99. The van der Waals surface area contributed by atoms with Crippen molar-refractivity contribution in [1.82, 2.24) is 20.6 Å². The van der Waals surface area contributed by atoms with Gasteiger partial charge in [-0.05, 0) is 38.4 Å². The van der Waals surface area contributed by atoms with E-state index in [2.05, 4.69) is 20.6 Å². The number of likely N-dealkylation sites (N-methyl/N-ethyl adjacent to an activating group) is 2. The maximum Gasteiger partial charge on any atom is 0.0416 e. The number of aromatic nitrogens is 2. The summed E-state index contributed by atoms with van der Waals surface area (Å²) in [6, 6.07) is 12.0. The van der Waals surface area contributed by atoms with E-state index in [1.54, 1.807) is 0 Å². The molecule has 0 atom stereocenters. The highest BCUT2D eigenvalue weighted by Crippen LogP contribution is 1.92. The predicted octanol–water partition coefficient (Wildman–Crippen LogP) is 1.69. The third kappa shape index (κ3) is 7.61. The third-order valence-corrected chi connectivity index (χ3v) is 2.71. The number of hydrogen-bond acceptors (Lipinski definition) is 4. The molecule has 2 N–H and O–H groups in total. The average molecular weight is 272 g/mol. The van der Waals surface area contributed by atoms with Crippen LogP contribution in [0.2, 0.25) is 0 Å². The van der Waals surface area contributed by atoms with Crippen molar-refractivity contribution in [2.45, 2.75) is 12.8 Å². The molecule has 0 saturated carbocycles. The summed E-state index contributed by atoms with van der Waals surface area (Å²) in [6.07, 6.45) is 5.67. The molecular weight excluding hydrogens is 248 g/mol. The topological polar surface area (TPSA) is 49.8 Å². The molecular formula is C16H24N4. The average Bonchev–Trinajstić information content (AvgIpc) is 2.53. The highest BCUT2D eigenvalue weighted by molar-refractivity contribution is 5.04. The molecule has 0 aliphatic heterocycles. The van der Waals surface area contributed by atoms with Crippen LogP contribution < -0.4 is 10.6 Å². The van der Waals surface area contributed by atoms with Gasteiger partial charge in [-0.2, -0.15) is 0 Å². The molecule has 20 heavy (non-hydrogen) atoms. The SMILES string of the molecule is CNCCc1ccccn1.CNCCc1ccccn1. The highest BCUT2D eigenvalue weighted by Gasteiger charge is 1.89. The number of hydrogen-bond donors (Lipinski definition) is 2. The molecule has 0 aliphatic carbocycles. The number of rotatable bonds is 6. The molecule has 4 heteroatoms. The summed E-state index contributed by atoms with van der Waals surface area (Å²) in [5.74, 6) is 0. The Hall–Kier alpha value is -1.78. The van der Waals surface area contributed by atoms with Crippen molar-refractivity contribution in [3.8, 4) is 0 Å². The van der Waals surface area contributed by atoms with Crippen LogP contribution in [-0.4, -0.2) is 37.2 Å². The largest absolute Gasteiger partial charge is 0.319 e. The standard InChI is InChI=1S/2C8H12N2/c2*1-9-7-5-8-4-2-3-6-10-8/h2*2-4,6,9H,5,7H2,1H3. The molecule has 0 fully saturated rings. The van der Waals surface area contributed by atoms with Crippen LogP contribution in [0.25, 0.3) is 0 Å². The molecule has 0 spiro atoms. The second kappa shape index (κ2) is 11.1. The van der Waals surface area contributed by atoms with Gasteiger partial charge in [0.25, 0.3) is 0 Å². The van der Waals surface area contributed by atoms with Crippen molar-refractivity contribution in [3.63, 3.8) is 0 Å². The van der Waals surface area contributed by atoms with Gasteiger partial charge in [0.05, 0.1) is 0 Å². The fourth-order valence-electron chi connectivity index (χ4n) is 1.60. The minimum atomic E-state index is 0.997. The Morgan fingerprint density at radius 3 is 1.50 bits per heavy atom. The smallest absolute Gasteiger partial charge is 0.0416 e. The van der Waals surface area contributed by atoms with Crippen molar-refractivity contribution in [3.05, 3.63) is 60.2 Å². The first kappa shape index (κ1) is 16.3. The summed E-state index contributed by atoms with van der Waals surface area (Å²) >= 11 is 0. The second-order valence-corrected chi connectivity index (χ2v) is 4.35. The Bertz CT molecular complexity index is 387. The molecule has 4 nitrogen and oxygen atoms in total. The number of pyridine rings is 2. The van der Waals surface area contributed by atoms with E-state index in [0.29, 0.717) is 0 Å². The van der Waals surface area contributed by atoms with Crippen LogP contribution in [-0.2, 0) is 12.8 Å². The van der Waals surface area contributed by atoms with E-state index in [1.807, 2.05) is 62.9 Å². The molecule has 0 aliphatic rings. The van der Waals surface area contributed by atoms with Crippen LogP contribution in [0.3, 0.4) is 0 Å². The molecule has 0 radical (unpaired) electrons. The minimum absolute atomic E-state index is 0.997. The van der Waals surface area contributed by atoms with Gasteiger partial charge in [0, 0.05) is 49.7 Å². The van der Waals surface area contributed by atoms with E-state index in [0.717, 1.165) is 37.3 Å². The molecule has 108 valence electrons. The van der Waals surface area contributed by atoms with E-state index in [1.165, 1.54) is 0 Å². The van der Waals surface area contributed by atoms with Gasteiger partial charge in [0.1, 0.15) is 0 Å². The molecule has 0 amide bonds. The first-order valence-electron chi connectivity index (χ1n) is 6.96. The Labute approximate surface area is 121 Å². The van der Waals surface area contributed by atoms with Gasteiger partial charge in [0.2, 0.25) is 0 Å². The van der Waals surface area contributed by atoms with E-state index < -0.39 is 0 Å². The summed E-state index contributed by atoms with van der Waals surface area (Å²) in [7, 11) is 3.89. The van der Waals surface area contributed by atoms with Crippen LogP contribution in [0.1, 0.15) is 11.4 Å². The molecule has 2 heterocycles. The van der Waals surface area contributed by atoms with Gasteiger partial charge in [-0.25, -0.2) is 0 Å². The second-order valence-electron chi connectivity index (χ2n) is 4.35. The third-order valence-electron chi connectivity index (χ3n) is 2.71.